The molecule has 0 fully saturated rings. The predicted molar refractivity (Wildman–Crippen MR) is 121 cm³/mol. The van der Waals surface area contributed by atoms with Crippen LogP contribution in [0.2, 0.25) is 0 Å². The van der Waals surface area contributed by atoms with Crippen LogP contribution in [0.5, 0.6) is 17.2 Å². The first-order valence-electron chi connectivity index (χ1n) is 10.6. The van der Waals surface area contributed by atoms with Gasteiger partial charge < -0.3 is 14.2 Å². The van der Waals surface area contributed by atoms with E-state index < -0.39 is 0 Å². The highest BCUT2D eigenvalue weighted by Gasteiger charge is 2.01. The zero-order valence-electron chi connectivity index (χ0n) is 18.0. The van der Waals surface area contributed by atoms with Gasteiger partial charge in [-0.1, -0.05) is 56.5 Å². The summed E-state index contributed by atoms with van der Waals surface area (Å²) in [6.07, 6.45) is 11.6. The molecular weight excluding hydrogens is 376 g/mol. The van der Waals surface area contributed by atoms with Gasteiger partial charge in [-0.05, 0) is 61.7 Å². The highest BCUT2D eigenvalue weighted by Crippen LogP contribution is 2.23. The van der Waals surface area contributed by atoms with Crippen molar-refractivity contribution in [3.05, 3.63) is 78.4 Å². The van der Waals surface area contributed by atoms with Crippen molar-refractivity contribution in [2.75, 3.05) is 13.2 Å². The highest BCUT2D eigenvalue weighted by molar-refractivity contribution is 5.83. The van der Waals surface area contributed by atoms with Crippen molar-refractivity contribution in [2.45, 2.75) is 46.0 Å². The number of allylic oxidation sites excluding steroid dienone is 3. The Kier molecular flexibility index (Phi) is 10.9. The molecule has 0 saturated carbocycles. The Hall–Kier alpha value is -3.01. The molecule has 30 heavy (non-hydrogen) atoms. The Morgan fingerprint density at radius 3 is 2.30 bits per heavy atom. The van der Waals surface area contributed by atoms with E-state index in [1.807, 2.05) is 67.6 Å². The molecule has 0 atom stereocenters. The number of para-hydroxylation sites is 1. The summed E-state index contributed by atoms with van der Waals surface area (Å²) in [5, 5.41) is 0. The number of ether oxygens (including phenoxy) is 3. The molecule has 0 N–H and O–H groups in total. The number of benzene rings is 2. The number of esters is 1. The fraction of sp³-hybridized carbons (Fsp3) is 0.346. The van der Waals surface area contributed by atoms with E-state index in [1.54, 1.807) is 0 Å². The number of carbonyl (C=O) groups excluding carboxylic acids is 1. The molecule has 0 unspecified atom stereocenters. The molecule has 2 rings (SSSR count). The molecular formula is C26H32O4. The van der Waals surface area contributed by atoms with Crippen molar-refractivity contribution in [1.82, 2.24) is 0 Å². The van der Waals surface area contributed by atoms with Crippen LogP contribution < -0.4 is 9.47 Å². The van der Waals surface area contributed by atoms with Crippen molar-refractivity contribution in [3.8, 4) is 17.2 Å². The van der Waals surface area contributed by atoms with Gasteiger partial charge in [-0.3, -0.25) is 0 Å². The van der Waals surface area contributed by atoms with Gasteiger partial charge in [0.25, 0.3) is 0 Å². The number of hydrogen-bond acceptors (Lipinski definition) is 4. The zero-order chi connectivity index (χ0) is 21.4. The van der Waals surface area contributed by atoms with E-state index in [1.165, 1.54) is 31.8 Å². The van der Waals surface area contributed by atoms with Crippen LogP contribution in [0.25, 0.3) is 0 Å². The number of hydrogen-bond donors (Lipinski definition) is 0. The number of rotatable bonds is 13. The maximum Gasteiger partial charge on any atom is 0.331 e. The SMILES string of the molecule is CCCCCC/C=C/C(C)=C/C(=O)OCCOc1ccc(Oc2ccccc2)cc1. The van der Waals surface area contributed by atoms with Gasteiger partial charge >= 0.3 is 5.97 Å². The quantitative estimate of drug-likeness (QED) is 0.157. The molecule has 2 aromatic rings. The number of unbranched alkanes of at least 4 members (excludes halogenated alkanes) is 4. The van der Waals surface area contributed by atoms with Gasteiger partial charge in [0.1, 0.15) is 30.5 Å². The van der Waals surface area contributed by atoms with Crippen LogP contribution >= 0.6 is 0 Å². The molecule has 0 spiro atoms. The third kappa shape index (κ3) is 9.97. The molecule has 160 valence electrons. The molecule has 0 saturated heterocycles. The van der Waals surface area contributed by atoms with Gasteiger partial charge in [0.05, 0.1) is 0 Å². The fourth-order valence-electron chi connectivity index (χ4n) is 2.76. The average Bonchev–Trinajstić information content (AvgIpc) is 2.75. The molecule has 0 aliphatic rings. The molecule has 4 nitrogen and oxygen atoms in total. The monoisotopic (exact) mass is 408 g/mol. The summed E-state index contributed by atoms with van der Waals surface area (Å²) in [7, 11) is 0. The van der Waals surface area contributed by atoms with Gasteiger partial charge in [0.2, 0.25) is 0 Å². The lowest BCUT2D eigenvalue weighted by Gasteiger charge is -2.08. The van der Waals surface area contributed by atoms with Crippen LogP contribution in [-0.4, -0.2) is 19.2 Å². The molecule has 0 radical (unpaired) electrons. The first kappa shape index (κ1) is 23.3. The number of carbonyl (C=O) groups is 1. The third-order valence-corrected chi connectivity index (χ3v) is 4.35. The maximum atomic E-state index is 11.9. The molecule has 0 bridgehead atoms. The van der Waals surface area contributed by atoms with Crippen LogP contribution in [0.4, 0.5) is 0 Å². The first-order chi connectivity index (χ1) is 14.7. The summed E-state index contributed by atoms with van der Waals surface area (Å²) >= 11 is 0. The van der Waals surface area contributed by atoms with Gasteiger partial charge in [0.15, 0.2) is 0 Å². The van der Waals surface area contributed by atoms with Gasteiger partial charge in [0, 0.05) is 6.08 Å². The minimum absolute atomic E-state index is 0.200. The van der Waals surface area contributed by atoms with E-state index in [2.05, 4.69) is 13.0 Å². The zero-order valence-corrected chi connectivity index (χ0v) is 18.0. The Labute approximate surface area is 180 Å². The molecule has 4 heteroatoms. The fourth-order valence-corrected chi connectivity index (χ4v) is 2.76. The summed E-state index contributed by atoms with van der Waals surface area (Å²) in [6, 6.07) is 16.9. The van der Waals surface area contributed by atoms with E-state index in [-0.39, 0.29) is 12.6 Å². The first-order valence-corrected chi connectivity index (χ1v) is 10.6. The minimum Gasteiger partial charge on any atom is -0.490 e. The lowest BCUT2D eigenvalue weighted by Crippen LogP contribution is -2.10. The Balaban J connectivity index is 1.63. The molecule has 2 aromatic carbocycles. The van der Waals surface area contributed by atoms with E-state index in [9.17, 15) is 4.79 Å². The molecule has 0 aliphatic carbocycles. The topological polar surface area (TPSA) is 44.8 Å². The smallest absolute Gasteiger partial charge is 0.331 e. The second kappa shape index (κ2) is 14.0. The summed E-state index contributed by atoms with van der Waals surface area (Å²) in [5.41, 5.74) is 0.894. The van der Waals surface area contributed by atoms with Crippen molar-refractivity contribution in [2.24, 2.45) is 0 Å². The Morgan fingerprint density at radius 2 is 1.57 bits per heavy atom. The van der Waals surface area contributed by atoms with Gasteiger partial charge in [-0.2, -0.15) is 0 Å². The van der Waals surface area contributed by atoms with E-state index in [0.29, 0.717) is 12.4 Å². The lowest BCUT2D eigenvalue weighted by atomic mass is 10.1. The van der Waals surface area contributed by atoms with E-state index in [4.69, 9.17) is 14.2 Å². The highest BCUT2D eigenvalue weighted by atomic mass is 16.6. The molecule has 0 aromatic heterocycles. The summed E-state index contributed by atoms with van der Waals surface area (Å²) in [5.74, 6) is 1.87. The van der Waals surface area contributed by atoms with Crippen LogP contribution in [0, 0.1) is 0 Å². The van der Waals surface area contributed by atoms with E-state index in [0.717, 1.165) is 23.5 Å². The predicted octanol–water partition coefficient (Wildman–Crippen LogP) is 6.87. The summed E-state index contributed by atoms with van der Waals surface area (Å²) in [4.78, 5) is 11.9. The van der Waals surface area contributed by atoms with Gasteiger partial charge in [-0.25, -0.2) is 4.79 Å². The summed E-state index contributed by atoms with van der Waals surface area (Å²) < 4.78 is 16.6. The van der Waals surface area contributed by atoms with Crippen LogP contribution in [0.1, 0.15) is 46.0 Å². The largest absolute Gasteiger partial charge is 0.490 e. The van der Waals surface area contributed by atoms with Crippen molar-refractivity contribution < 1.29 is 19.0 Å². The molecule has 0 heterocycles. The molecule has 0 amide bonds. The van der Waals surface area contributed by atoms with Gasteiger partial charge in [-0.15, -0.1) is 0 Å². The average molecular weight is 409 g/mol. The van der Waals surface area contributed by atoms with E-state index >= 15 is 0 Å². The third-order valence-electron chi connectivity index (χ3n) is 4.35. The minimum atomic E-state index is -0.349. The Morgan fingerprint density at radius 1 is 0.867 bits per heavy atom. The second-order valence-electron chi connectivity index (χ2n) is 7.04. The normalized spacial score (nSPS) is 11.5. The van der Waals surface area contributed by atoms with Crippen molar-refractivity contribution >= 4 is 5.97 Å². The Bertz CT molecular complexity index is 792. The van der Waals surface area contributed by atoms with Crippen LogP contribution in [-0.2, 0) is 9.53 Å². The standard InChI is InChI=1S/C26H32O4/c1-3-4-5-6-7-9-12-22(2)21-26(27)29-20-19-28-23-15-17-25(18-16-23)30-24-13-10-8-11-14-24/h8-18,21H,3-7,19-20H2,1-2H3/b12-9+,22-21+. The van der Waals surface area contributed by atoms with Crippen LogP contribution in [0.3, 0.4) is 0 Å². The maximum absolute atomic E-state index is 11.9. The second-order valence-corrected chi connectivity index (χ2v) is 7.04. The summed E-state index contributed by atoms with van der Waals surface area (Å²) in [6.45, 7) is 4.60. The van der Waals surface area contributed by atoms with Crippen molar-refractivity contribution in [3.63, 3.8) is 0 Å². The van der Waals surface area contributed by atoms with Crippen LogP contribution in [0.15, 0.2) is 78.4 Å². The molecule has 0 aliphatic heterocycles. The van der Waals surface area contributed by atoms with Crippen molar-refractivity contribution in [1.29, 1.82) is 0 Å². The lowest BCUT2D eigenvalue weighted by molar-refractivity contribution is -0.138.